The predicted octanol–water partition coefficient (Wildman–Crippen LogP) is 0.975. The van der Waals surface area contributed by atoms with Gasteiger partial charge in [-0.05, 0) is 30.0 Å². The van der Waals surface area contributed by atoms with E-state index in [1.165, 1.54) is 0 Å². The third-order valence-electron chi connectivity index (χ3n) is 4.52. The normalized spacial score (nSPS) is 20.6. The molecule has 2 aromatic rings. The maximum Gasteiger partial charge on any atom is 0.251 e. The fourth-order valence-electron chi connectivity index (χ4n) is 3.07. The Labute approximate surface area is 146 Å². The third kappa shape index (κ3) is 3.71. The van der Waals surface area contributed by atoms with Crippen LogP contribution in [0.3, 0.4) is 0 Å². The summed E-state index contributed by atoms with van der Waals surface area (Å²) < 4.78 is 5.61. The summed E-state index contributed by atoms with van der Waals surface area (Å²) in [5, 5.41) is 9.53. The van der Waals surface area contributed by atoms with Gasteiger partial charge in [-0.15, -0.1) is 0 Å². The number of morpholine rings is 1. The molecule has 2 heterocycles. The van der Waals surface area contributed by atoms with E-state index in [1.54, 1.807) is 24.3 Å². The number of carbonyl (C=O) groups is 2. The molecule has 2 N–H and O–H groups in total. The van der Waals surface area contributed by atoms with Crippen LogP contribution in [0.25, 0.3) is 0 Å². The Balaban J connectivity index is 1.74. The highest BCUT2D eigenvalue weighted by Crippen LogP contribution is 2.31. The van der Waals surface area contributed by atoms with Gasteiger partial charge < -0.3 is 15.0 Å². The van der Waals surface area contributed by atoms with Crippen molar-refractivity contribution in [3.63, 3.8) is 0 Å². The Morgan fingerprint density at radius 2 is 2.24 bits per heavy atom. The van der Waals surface area contributed by atoms with E-state index in [0.717, 1.165) is 16.7 Å². The molecule has 7 nitrogen and oxygen atoms in total. The van der Waals surface area contributed by atoms with E-state index in [2.05, 4.69) is 15.5 Å². The van der Waals surface area contributed by atoms with Gasteiger partial charge in [0.25, 0.3) is 5.91 Å². The van der Waals surface area contributed by atoms with Crippen LogP contribution in [0, 0.1) is 6.92 Å². The molecule has 1 saturated heterocycles. The van der Waals surface area contributed by atoms with Crippen molar-refractivity contribution >= 4 is 11.8 Å². The lowest BCUT2D eigenvalue weighted by Gasteiger charge is -2.38. The van der Waals surface area contributed by atoms with Crippen LogP contribution >= 0.6 is 0 Å². The van der Waals surface area contributed by atoms with E-state index in [1.807, 2.05) is 31.2 Å². The summed E-state index contributed by atoms with van der Waals surface area (Å²) in [6, 6.07) is 7.31. The monoisotopic (exact) mass is 342 g/mol. The van der Waals surface area contributed by atoms with Gasteiger partial charge in [0.1, 0.15) is 6.61 Å². The molecule has 3 rings (SSSR count). The molecule has 1 fully saturated rings. The number of hydrogen-bond acceptors (Lipinski definition) is 4. The molecule has 0 spiro atoms. The maximum atomic E-state index is 12.7. The van der Waals surface area contributed by atoms with Gasteiger partial charge in [-0.3, -0.25) is 14.7 Å². The van der Waals surface area contributed by atoms with Crippen LogP contribution in [0.15, 0.2) is 36.7 Å². The fraction of sp³-hybridized carbons (Fsp3) is 0.389. The van der Waals surface area contributed by atoms with Crippen LogP contribution < -0.4 is 5.32 Å². The van der Waals surface area contributed by atoms with Crippen LogP contribution in [0.5, 0.6) is 0 Å². The van der Waals surface area contributed by atoms with E-state index >= 15 is 0 Å². The fourth-order valence-corrected chi connectivity index (χ4v) is 3.07. The number of nitrogens with zero attached hydrogens (tertiary/aromatic N) is 2. The van der Waals surface area contributed by atoms with Crippen LogP contribution in [-0.4, -0.2) is 53.2 Å². The highest BCUT2D eigenvalue weighted by Gasteiger charge is 2.40. The van der Waals surface area contributed by atoms with Gasteiger partial charge in [-0.1, -0.05) is 24.3 Å². The zero-order chi connectivity index (χ0) is 17.8. The molecule has 2 atom stereocenters. The quantitative estimate of drug-likeness (QED) is 0.848. The third-order valence-corrected chi connectivity index (χ3v) is 4.52. The van der Waals surface area contributed by atoms with Gasteiger partial charge in [0, 0.05) is 19.8 Å². The summed E-state index contributed by atoms with van der Waals surface area (Å²) in [5.41, 5.74) is 2.97. The van der Waals surface area contributed by atoms with Crippen molar-refractivity contribution < 1.29 is 14.3 Å². The smallest absolute Gasteiger partial charge is 0.251 e. The molecule has 1 aliphatic heterocycles. The Morgan fingerprint density at radius 3 is 2.96 bits per heavy atom. The van der Waals surface area contributed by atoms with E-state index in [4.69, 9.17) is 4.74 Å². The van der Waals surface area contributed by atoms with Gasteiger partial charge in [0.05, 0.1) is 12.2 Å². The Bertz CT molecular complexity index is 745. The van der Waals surface area contributed by atoms with Gasteiger partial charge in [-0.2, -0.15) is 5.10 Å². The lowest BCUT2D eigenvalue weighted by Crippen LogP contribution is -2.53. The lowest BCUT2D eigenvalue weighted by atomic mass is 9.94. The summed E-state index contributed by atoms with van der Waals surface area (Å²) in [6.45, 7) is 2.37. The second-order valence-corrected chi connectivity index (χ2v) is 6.19. The minimum atomic E-state index is -0.729. The number of aromatic nitrogens is 2. The van der Waals surface area contributed by atoms with Crippen molar-refractivity contribution in [1.29, 1.82) is 0 Å². The van der Waals surface area contributed by atoms with Crippen molar-refractivity contribution in [2.75, 3.05) is 20.2 Å². The second kappa shape index (κ2) is 7.48. The van der Waals surface area contributed by atoms with Crippen molar-refractivity contribution in [3.8, 4) is 0 Å². The number of amides is 2. The van der Waals surface area contributed by atoms with Crippen molar-refractivity contribution in [2.45, 2.75) is 25.5 Å². The molecule has 1 aromatic carbocycles. The summed E-state index contributed by atoms with van der Waals surface area (Å²) >= 11 is 0. The number of aromatic amines is 1. The van der Waals surface area contributed by atoms with E-state index in [0.29, 0.717) is 13.0 Å². The average Bonchev–Trinajstić information content (AvgIpc) is 3.11. The summed E-state index contributed by atoms with van der Waals surface area (Å²) in [5.74, 6) is -0.341. The molecule has 1 aliphatic rings. The lowest BCUT2D eigenvalue weighted by molar-refractivity contribution is -0.162. The first-order chi connectivity index (χ1) is 12.1. The van der Waals surface area contributed by atoms with Crippen LogP contribution in [0.2, 0.25) is 0 Å². The zero-order valence-corrected chi connectivity index (χ0v) is 14.4. The highest BCUT2D eigenvalue weighted by atomic mass is 16.5. The maximum absolute atomic E-state index is 12.7. The first kappa shape index (κ1) is 17.2. The molecule has 0 bridgehead atoms. The highest BCUT2D eigenvalue weighted by molar-refractivity contribution is 5.86. The van der Waals surface area contributed by atoms with Gasteiger partial charge in [-0.25, -0.2) is 0 Å². The molecule has 0 saturated carbocycles. The summed E-state index contributed by atoms with van der Waals surface area (Å²) in [6.07, 6.45) is 3.48. The predicted molar refractivity (Wildman–Crippen MR) is 91.7 cm³/mol. The topological polar surface area (TPSA) is 87.3 Å². The minimum absolute atomic E-state index is 0.0846. The van der Waals surface area contributed by atoms with E-state index in [-0.39, 0.29) is 18.4 Å². The minimum Gasteiger partial charge on any atom is -0.356 e. The largest absolute Gasteiger partial charge is 0.356 e. The van der Waals surface area contributed by atoms with Crippen molar-refractivity contribution in [1.82, 2.24) is 20.4 Å². The van der Waals surface area contributed by atoms with Gasteiger partial charge in [0.15, 0.2) is 6.10 Å². The molecular formula is C18H22N4O3. The summed E-state index contributed by atoms with van der Waals surface area (Å²) in [7, 11) is 1.72. The molecule has 0 radical (unpaired) electrons. The number of nitrogens with one attached hydrogen (secondary N) is 2. The first-order valence-corrected chi connectivity index (χ1v) is 8.26. The molecule has 1 aromatic heterocycles. The molecule has 0 unspecified atom stereocenters. The number of hydrogen-bond donors (Lipinski definition) is 2. The number of H-pyrrole nitrogens is 1. The Morgan fingerprint density at radius 1 is 1.44 bits per heavy atom. The zero-order valence-electron chi connectivity index (χ0n) is 14.4. The number of rotatable bonds is 5. The van der Waals surface area contributed by atoms with Crippen LogP contribution in [0.1, 0.15) is 22.7 Å². The van der Waals surface area contributed by atoms with Crippen molar-refractivity contribution in [3.05, 3.63) is 53.3 Å². The van der Waals surface area contributed by atoms with E-state index < -0.39 is 12.1 Å². The molecule has 0 aliphatic carbocycles. The number of likely N-dealkylation sites (N-methyl/N-ethyl adjacent to an activating group) is 1. The number of ether oxygens (including phenoxy) is 1. The number of benzene rings is 1. The summed E-state index contributed by atoms with van der Waals surface area (Å²) in [4.78, 5) is 26.4. The molecule has 132 valence electrons. The van der Waals surface area contributed by atoms with E-state index in [9.17, 15) is 9.59 Å². The number of carbonyl (C=O) groups excluding carboxylic acids is 2. The van der Waals surface area contributed by atoms with Gasteiger partial charge in [0.2, 0.25) is 5.91 Å². The SMILES string of the molecule is Cc1ccccc1[C@@H]1[C@@H](C(=O)NCCc2cn[nH]c2)OCC(=O)N1C. The Hall–Kier alpha value is -2.67. The Kier molecular flexibility index (Phi) is 5.14. The van der Waals surface area contributed by atoms with Crippen molar-refractivity contribution in [2.24, 2.45) is 0 Å². The van der Waals surface area contributed by atoms with Gasteiger partial charge >= 0.3 is 0 Å². The second-order valence-electron chi connectivity index (χ2n) is 6.19. The molecule has 2 amide bonds. The van der Waals surface area contributed by atoms with Crippen LogP contribution in [0.4, 0.5) is 0 Å². The van der Waals surface area contributed by atoms with Crippen LogP contribution in [-0.2, 0) is 20.7 Å². The first-order valence-electron chi connectivity index (χ1n) is 8.26. The molecule has 25 heavy (non-hydrogen) atoms. The number of aryl methyl sites for hydroxylation is 1. The average molecular weight is 342 g/mol. The molecular weight excluding hydrogens is 320 g/mol. The standard InChI is InChI=1S/C18H22N4O3/c1-12-5-3-4-6-14(12)16-17(25-11-15(23)22(16)2)18(24)19-8-7-13-9-20-21-10-13/h3-6,9-10,16-17H,7-8,11H2,1-2H3,(H,19,24)(H,20,21)/t16-,17+/m1/s1. The molecule has 7 heteroatoms.